The van der Waals surface area contributed by atoms with Crippen LogP contribution >= 0.6 is 0 Å². The molecule has 1 aliphatic rings. The van der Waals surface area contributed by atoms with Crippen LogP contribution in [0, 0.1) is 0 Å². The summed E-state index contributed by atoms with van der Waals surface area (Å²) in [5, 5.41) is 0. The van der Waals surface area contributed by atoms with Crippen LogP contribution < -0.4 is 4.72 Å². The molecule has 1 aromatic carbocycles. The third-order valence-corrected chi connectivity index (χ3v) is 3.81. The average Bonchev–Trinajstić information content (AvgIpc) is 2.34. The lowest BCUT2D eigenvalue weighted by atomic mass is 9.86. The molecule has 0 aromatic heterocycles. The van der Waals surface area contributed by atoms with Crippen LogP contribution in [0.4, 0.5) is 5.69 Å². The molecule has 15 heavy (non-hydrogen) atoms. The molecular weight excluding hydrogens is 210 g/mol. The van der Waals surface area contributed by atoms with E-state index in [1.165, 1.54) is 0 Å². The number of anilines is 1. The fraction of sp³-hybridized carbons (Fsp3) is 0.455. The Kier molecular flexibility index (Phi) is 2.08. The minimum absolute atomic E-state index is 0.0447. The van der Waals surface area contributed by atoms with Crippen molar-refractivity contribution in [2.24, 2.45) is 0 Å². The van der Waals surface area contributed by atoms with Gasteiger partial charge in [0, 0.05) is 0 Å². The number of hydrogen-bond donors (Lipinski definition) is 1. The molecule has 0 saturated heterocycles. The van der Waals surface area contributed by atoms with Crippen molar-refractivity contribution < 1.29 is 8.42 Å². The van der Waals surface area contributed by atoms with Crippen molar-refractivity contribution in [3.05, 3.63) is 29.3 Å². The Hall–Kier alpha value is -1.03. The summed E-state index contributed by atoms with van der Waals surface area (Å²) < 4.78 is 25.2. The minimum atomic E-state index is -3.12. The van der Waals surface area contributed by atoms with Crippen molar-refractivity contribution in [3.63, 3.8) is 0 Å². The van der Waals surface area contributed by atoms with Gasteiger partial charge in [-0.1, -0.05) is 32.9 Å². The highest BCUT2D eigenvalue weighted by Crippen LogP contribution is 2.32. The van der Waals surface area contributed by atoms with Gasteiger partial charge in [-0.25, -0.2) is 8.42 Å². The number of fused-ring (bicyclic) bond motifs is 1. The van der Waals surface area contributed by atoms with Gasteiger partial charge in [0.05, 0.1) is 11.4 Å². The summed E-state index contributed by atoms with van der Waals surface area (Å²) in [4.78, 5) is 0. The standard InChI is InChI=1S/C11H15NO2S/c1-11(2,3)9-5-4-8-7-15(13,14)12-10(8)6-9/h4-6,12H,7H2,1-3H3. The highest BCUT2D eigenvalue weighted by atomic mass is 32.2. The first-order valence-electron chi connectivity index (χ1n) is 4.92. The van der Waals surface area contributed by atoms with Crippen molar-refractivity contribution >= 4 is 15.7 Å². The summed E-state index contributed by atoms with van der Waals surface area (Å²) in [5.41, 5.74) is 2.79. The first kappa shape index (κ1) is 10.5. The quantitative estimate of drug-likeness (QED) is 0.736. The fourth-order valence-electron chi connectivity index (χ4n) is 1.67. The van der Waals surface area contributed by atoms with E-state index in [1.807, 2.05) is 18.2 Å². The molecule has 0 spiro atoms. The van der Waals surface area contributed by atoms with Crippen LogP contribution in [0.3, 0.4) is 0 Å². The lowest BCUT2D eigenvalue weighted by Gasteiger charge is -2.19. The highest BCUT2D eigenvalue weighted by Gasteiger charge is 2.25. The predicted molar refractivity (Wildman–Crippen MR) is 61.4 cm³/mol. The normalized spacial score (nSPS) is 18.3. The van der Waals surface area contributed by atoms with Crippen molar-refractivity contribution in [2.75, 3.05) is 4.72 Å². The zero-order chi connectivity index (χ0) is 11.3. The molecular formula is C11H15NO2S. The molecule has 0 atom stereocenters. The van der Waals surface area contributed by atoms with E-state index in [-0.39, 0.29) is 11.2 Å². The number of rotatable bonds is 0. The average molecular weight is 225 g/mol. The third-order valence-electron chi connectivity index (χ3n) is 2.59. The van der Waals surface area contributed by atoms with E-state index in [2.05, 4.69) is 25.5 Å². The second-order valence-corrected chi connectivity index (χ2v) is 6.71. The van der Waals surface area contributed by atoms with Crippen molar-refractivity contribution in [3.8, 4) is 0 Å². The van der Waals surface area contributed by atoms with Gasteiger partial charge in [-0.15, -0.1) is 0 Å². The lowest BCUT2D eigenvalue weighted by molar-refractivity contribution is 0.590. The van der Waals surface area contributed by atoms with E-state index < -0.39 is 10.0 Å². The summed E-state index contributed by atoms with van der Waals surface area (Å²) in [6.45, 7) is 6.33. The monoisotopic (exact) mass is 225 g/mol. The second-order valence-electron chi connectivity index (χ2n) is 4.98. The van der Waals surface area contributed by atoms with Crippen LogP contribution in [0.5, 0.6) is 0 Å². The molecule has 0 unspecified atom stereocenters. The summed E-state index contributed by atoms with van der Waals surface area (Å²) in [7, 11) is -3.12. The molecule has 0 saturated carbocycles. The third kappa shape index (κ3) is 2.00. The number of hydrogen-bond acceptors (Lipinski definition) is 2. The Morgan fingerprint density at radius 3 is 2.53 bits per heavy atom. The van der Waals surface area contributed by atoms with Gasteiger partial charge in [0.15, 0.2) is 0 Å². The molecule has 0 fully saturated rings. The Balaban J connectivity index is 2.48. The smallest absolute Gasteiger partial charge is 0.237 e. The summed E-state index contributed by atoms with van der Waals surface area (Å²) in [5.74, 6) is 0.104. The molecule has 82 valence electrons. The van der Waals surface area contributed by atoms with Crippen LogP contribution in [0.2, 0.25) is 0 Å². The first-order chi connectivity index (χ1) is 6.78. The van der Waals surface area contributed by atoms with Crippen LogP contribution in [0.1, 0.15) is 31.9 Å². The Morgan fingerprint density at radius 2 is 1.93 bits per heavy atom. The number of benzene rings is 1. The van der Waals surface area contributed by atoms with Gasteiger partial charge in [0.25, 0.3) is 0 Å². The maximum absolute atomic E-state index is 11.3. The van der Waals surface area contributed by atoms with Crippen LogP contribution in [0.15, 0.2) is 18.2 Å². The van der Waals surface area contributed by atoms with Gasteiger partial charge in [-0.3, -0.25) is 4.72 Å². The zero-order valence-corrected chi connectivity index (χ0v) is 9.98. The molecule has 1 aromatic rings. The molecule has 3 nitrogen and oxygen atoms in total. The molecule has 0 amide bonds. The van der Waals surface area contributed by atoms with E-state index in [1.54, 1.807) is 0 Å². The number of nitrogens with one attached hydrogen (secondary N) is 1. The van der Waals surface area contributed by atoms with Crippen LogP contribution in [0.25, 0.3) is 0 Å². The molecule has 0 aliphatic carbocycles. The highest BCUT2D eigenvalue weighted by molar-refractivity contribution is 7.92. The van der Waals surface area contributed by atoms with Gasteiger partial charge in [-0.2, -0.15) is 0 Å². The molecule has 0 bridgehead atoms. The van der Waals surface area contributed by atoms with E-state index in [0.29, 0.717) is 0 Å². The summed E-state index contributed by atoms with van der Waals surface area (Å²) in [6, 6.07) is 5.83. The predicted octanol–water partition coefficient (Wildman–Crippen LogP) is 2.24. The van der Waals surface area contributed by atoms with Gasteiger partial charge < -0.3 is 0 Å². The van der Waals surface area contributed by atoms with E-state index >= 15 is 0 Å². The van der Waals surface area contributed by atoms with Gasteiger partial charge in [0.1, 0.15) is 0 Å². The SMILES string of the molecule is CC(C)(C)c1ccc2c(c1)NS(=O)(=O)C2. The summed E-state index contributed by atoms with van der Waals surface area (Å²) >= 11 is 0. The van der Waals surface area contributed by atoms with Crippen LogP contribution in [-0.2, 0) is 21.2 Å². The van der Waals surface area contributed by atoms with Crippen molar-refractivity contribution in [1.29, 1.82) is 0 Å². The van der Waals surface area contributed by atoms with Gasteiger partial charge >= 0.3 is 0 Å². The maximum atomic E-state index is 11.3. The maximum Gasteiger partial charge on any atom is 0.237 e. The van der Waals surface area contributed by atoms with Gasteiger partial charge in [0.2, 0.25) is 10.0 Å². The fourth-order valence-corrected chi connectivity index (χ4v) is 2.93. The molecule has 4 heteroatoms. The van der Waals surface area contributed by atoms with E-state index in [4.69, 9.17) is 0 Å². The molecule has 2 rings (SSSR count). The zero-order valence-electron chi connectivity index (χ0n) is 9.16. The molecule has 1 N–H and O–H groups in total. The Labute approximate surface area is 90.6 Å². The Morgan fingerprint density at radius 1 is 1.27 bits per heavy atom. The molecule has 0 radical (unpaired) electrons. The number of sulfonamides is 1. The van der Waals surface area contributed by atoms with Crippen molar-refractivity contribution in [1.82, 2.24) is 0 Å². The second kappa shape index (κ2) is 2.98. The van der Waals surface area contributed by atoms with Crippen LogP contribution in [-0.4, -0.2) is 8.42 Å². The first-order valence-corrected chi connectivity index (χ1v) is 6.57. The topological polar surface area (TPSA) is 46.2 Å². The van der Waals surface area contributed by atoms with Gasteiger partial charge in [-0.05, 0) is 22.6 Å². The lowest BCUT2D eigenvalue weighted by Crippen LogP contribution is -2.11. The Bertz CT molecular complexity index is 498. The van der Waals surface area contributed by atoms with E-state index in [9.17, 15) is 8.42 Å². The molecule has 1 heterocycles. The largest absolute Gasteiger partial charge is 0.283 e. The summed E-state index contributed by atoms with van der Waals surface area (Å²) in [6.07, 6.45) is 0. The molecule has 1 aliphatic heterocycles. The van der Waals surface area contributed by atoms with E-state index in [0.717, 1.165) is 16.8 Å². The van der Waals surface area contributed by atoms with Crippen molar-refractivity contribution in [2.45, 2.75) is 31.9 Å². The minimum Gasteiger partial charge on any atom is -0.283 e.